The first-order chi connectivity index (χ1) is 9.15. The number of aliphatic hydroxyl groups is 1. The number of para-hydroxylation sites is 1. The fourth-order valence-electron chi connectivity index (χ4n) is 2.04. The Bertz CT molecular complexity index is 592. The SMILES string of the molecule is Cc1nc2c(C(=O)O)cccc2n1CCOCCO. The van der Waals surface area contributed by atoms with Gasteiger partial charge < -0.3 is 19.5 Å². The highest BCUT2D eigenvalue weighted by Gasteiger charge is 2.14. The Morgan fingerprint density at radius 2 is 2.21 bits per heavy atom. The number of hydrogen-bond donors (Lipinski definition) is 2. The first-order valence-corrected chi connectivity index (χ1v) is 6.03. The van der Waals surface area contributed by atoms with Crippen LogP contribution in [0.15, 0.2) is 18.2 Å². The van der Waals surface area contributed by atoms with Crippen molar-refractivity contribution in [1.29, 1.82) is 0 Å². The summed E-state index contributed by atoms with van der Waals surface area (Å²) in [6.07, 6.45) is 0. The zero-order valence-corrected chi connectivity index (χ0v) is 10.7. The van der Waals surface area contributed by atoms with Crippen molar-refractivity contribution in [3.8, 4) is 0 Å². The van der Waals surface area contributed by atoms with Gasteiger partial charge in [0, 0.05) is 6.54 Å². The van der Waals surface area contributed by atoms with Gasteiger partial charge in [0.15, 0.2) is 0 Å². The number of ether oxygens (including phenoxy) is 1. The largest absolute Gasteiger partial charge is 0.478 e. The molecule has 0 unspecified atom stereocenters. The predicted octanol–water partition coefficient (Wildman–Crippen LogP) is 1.05. The molecule has 6 heteroatoms. The third-order valence-corrected chi connectivity index (χ3v) is 2.90. The molecule has 0 spiro atoms. The summed E-state index contributed by atoms with van der Waals surface area (Å²) < 4.78 is 7.14. The van der Waals surface area contributed by atoms with Crippen LogP contribution in [-0.4, -0.2) is 45.6 Å². The van der Waals surface area contributed by atoms with Crippen LogP contribution in [0, 0.1) is 6.92 Å². The van der Waals surface area contributed by atoms with E-state index < -0.39 is 5.97 Å². The Balaban J connectivity index is 2.31. The lowest BCUT2D eigenvalue weighted by atomic mass is 10.2. The molecule has 0 saturated carbocycles. The molecular formula is C13H16N2O4. The van der Waals surface area contributed by atoms with Gasteiger partial charge in [-0.2, -0.15) is 0 Å². The maximum absolute atomic E-state index is 11.1. The molecule has 0 amide bonds. The van der Waals surface area contributed by atoms with E-state index in [2.05, 4.69) is 4.98 Å². The molecule has 0 aliphatic rings. The number of carboxylic acid groups (broad SMARTS) is 1. The van der Waals surface area contributed by atoms with Gasteiger partial charge in [0.05, 0.1) is 30.9 Å². The van der Waals surface area contributed by atoms with Gasteiger partial charge >= 0.3 is 5.97 Å². The van der Waals surface area contributed by atoms with E-state index in [0.29, 0.717) is 25.3 Å². The predicted molar refractivity (Wildman–Crippen MR) is 69.3 cm³/mol. The Hall–Kier alpha value is -1.92. The fourth-order valence-corrected chi connectivity index (χ4v) is 2.04. The first kappa shape index (κ1) is 13.5. The second kappa shape index (κ2) is 5.81. The van der Waals surface area contributed by atoms with Gasteiger partial charge in [-0.15, -0.1) is 0 Å². The van der Waals surface area contributed by atoms with E-state index in [1.807, 2.05) is 17.6 Å². The van der Waals surface area contributed by atoms with Gasteiger partial charge in [-0.25, -0.2) is 9.78 Å². The van der Waals surface area contributed by atoms with Gasteiger partial charge in [-0.05, 0) is 19.1 Å². The molecule has 2 N–H and O–H groups in total. The number of aromatic nitrogens is 2. The van der Waals surface area contributed by atoms with Crippen LogP contribution in [0.25, 0.3) is 11.0 Å². The normalized spacial score (nSPS) is 11.1. The molecule has 0 radical (unpaired) electrons. The van der Waals surface area contributed by atoms with E-state index in [1.54, 1.807) is 12.1 Å². The molecular weight excluding hydrogens is 248 g/mol. The highest BCUT2D eigenvalue weighted by Crippen LogP contribution is 2.20. The molecule has 19 heavy (non-hydrogen) atoms. The average molecular weight is 264 g/mol. The van der Waals surface area contributed by atoms with Crippen LogP contribution in [0.4, 0.5) is 0 Å². The molecule has 1 aromatic heterocycles. The number of fused-ring (bicyclic) bond motifs is 1. The van der Waals surface area contributed by atoms with E-state index >= 15 is 0 Å². The van der Waals surface area contributed by atoms with Crippen LogP contribution in [0.1, 0.15) is 16.2 Å². The molecule has 0 aliphatic carbocycles. The summed E-state index contributed by atoms with van der Waals surface area (Å²) in [7, 11) is 0. The molecule has 2 aromatic rings. The average Bonchev–Trinajstić information content (AvgIpc) is 2.70. The summed E-state index contributed by atoms with van der Waals surface area (Å²) in [5.74, 6) is -0.233. The van der Waals surface area contributed by atoms with Crippen molar-refractivity contribution in [2.24, 2.45) is 0 Å². The second-order valence-electron chi connectivity index (χ2n) is 4.13. The van der Waals surface area contributed by atoms with E-state index in [-0.39, 0.29) is 12.2 Å². The summed E-state index contributed by atoms with van der Waals surface area (Å²) in [6.45, 7) is 3.14. The number of carbonyl (C=O) groups is 1. The first-order valence-electron chi connectivity index (χ1n) is 6.03. The van der Waals surface area contributed by atoms with Gasteiger partial charge in [0.25, 0.3) is 0 Å². The van der Waals surface area contributed by atoms with Crippen LogP contribution in [0.5, 0.6) is 0 Å². The van der Waals surface area contributed by atoms with Crippen molar-refractivity contribution in [1.82, 2.24) is 9.55 Å². The van der Waals surface area contributed by atoms with Crippen LogP contribution >= 0.6 is 0 Å². The molecule has 0 bridgehead atoms. The maximum Gasteiger partial charge on any atom is 0.337 e. The van der Waals surface area contributed by atoms with Crippen molar-refractivity contribution in [3.63, 3.8) is 0 Å². The highest BCUT2D eigenvalue weighted by atomic mass is 16.5. The fraction of sp³-hybridized carbons (Fsp3) is 0.385. The minimum absolute atomic E-state index is 0.00712. The summed E-state index contributed by atoms with van der Waals surface area (Å²) >= 11 is 0. The number of aromatic carboxylic acids is 1. The van der Waals surface area contributed by atoms with Crippen LogP contribution < -0.4 is 0 Å². The topological polar surface area (TPSA) is 84.6 Å². The van der Waals surface area contributed by atoms with Gasteiger partial charge in [-0.1, -0.05) is 6.07 Å². The number of hydrogen-bond acceptors (Lipinski definition) is 4. The monoisotopic (exact) mass is 264 g/mol. The smallest absolute Gasteiger partial charge is 0.337 e. The second-order valence-corrected chi connectivity index (χ2v) is 4.13. The minimum Gasteiger partial charge on any atom is -0.478 e. The third kappa shape index (κ3) is 2.74. The van der Waals surface area contributed by atoms with E-state index in [1.165, 1.54) is 0 Å². The molecule has 6 nitrogen and oxygen atoms in total. The molecule has 0 atom stereocenters. The Morgan fingerprint density at radius 1 is 1.42 bits per heavy atom. The highest BCUT2D eigenvalue weighted by molar-refractivity contribution is 6.01. The van der Waals surface area contributed by atoms with Crippen molar-refractivity contribution >= 4 is 17.0 Å². The summed E-state index contributed by atoms with van der Waals surface area (Å²) in [6, 6.07) is 5.09. The van der Waals surface area contributed by atoms with Gasteiger partial charge in [-0.3, -0.25) is 0 Å². The molecule has 0 fully saturated rings. The number of aliphatic hydroxyl groups excluding tert-OH is 1. The lowest BCUT2D eigenvalue weighted by molar-refractivity contribution is 0.0699. The lowest BCUT2D eigenvalue weighted by Crippen LogP contribution is -2.09. The lowest BCUT2D eigenvalue weighted by Gasteiger charge is -2.07. The summed E-state index contributed by atoms with van der Waals surface area (Å²) in [5, 5.41) is 17.8. The zero-order chi connectivity index (χ0) is 13.8. The van der Waals surface area contributed by atoms with Gasteiger partial charge in [0.2, 0.25) is 0 Å². The van der Waals surface area contributed by atoms with Crippen molar-refractivity contribution in [2.75, 3.05) is 19.8 Å². The summed E-state index contributed by atoms with van der Waals surface area (Å²) in [5.41, 5.74) is 1.48. The number of rotatable bonds is 6. The standard InChI is InChI=1S/C13H16N2O4/c1-9-14-12-10(13(17)18)3-2-4-11(12)15(9)5-7-19-8-6-16/h2-4,16H,5-8H2,1H3,(H,17,18). The summed E-state index contributed by atoms with van der Waals surface area (Å²) in [4.78, 5) is 15.4. The third-order valence-electron chi connectivity index (χ3n) is 2.90. The van der Waals surface area contributed by atoms with E-state index in [4.69, 9.17) is 14.9 Å². The minimum atomic E-state index is -0.980. The number of carboxylic acids is 1. The molecule has 1 heterocycles. The Morgan fingerprint density at radius 3 is 2.89 bits per heavy atom. The molecule has 1 aromatic carbocycles. The van der Waals surface area contributed by atoms with E-state index in [9.17, 15) is 4.79 Å². The Kier molecular flexibility index (Phi) is 4.13. The van der Waals surface area contributed by atoms with Crippen LogP contribution in [0.3, 0.4) is 0 Å². The molecule has 2 rings (SSSR count). The Labute approximate surface area is 110 Å². The van der Waals surface area contributed by atoms with Crippen molar-refractivity contribution < 1.29 is 19.7 Å². The van der Waals surface area contributed by atoms with Crippen molar-refractivity contribution in [2.45, 2.75) is 13.5 Å². The van der Waals surface area contributed by atoms with Gasteiger partial charge in [0.1, 0.15) is 11.3 Å². The maximum atomic E-state index is 11.1. The number of nitrogens with zero attached hydrogens (tertiary/aromatic N) is 2. The zero-order valence-electron chi connectivity index (χ0n) is 10.7. The molecule has 102 valence electrons. The molecule has 0 aliphatic heterocycles. The van der Waals surface area contributed by atoms with Crippen LogP contribution in [0.2, 0.25) is 0 Å². The number of benzene rings is 1. The van der Waals surface area contributed by atoms with Crippen LogP contribution in [-0.2, 0) is 11.3 Å². The molecule has 0 saturated heterocycles. The quantitative estimate of drug-likeness (QED) is 0.762. The van der Waals surface area contributed by atoms with Crippen molar-refractivity contribution in [3.05, 3.63) is 29.6 Å². The number of imidazole rings is 1. The number of aryl methyl sites for hydroxylation is 1. The van der Waals surface area contributed by atoms with E-state index in [0.717, 1.165) is 11.3 Å².